The van der Waals surface area contributed by atoms with Gasteiger partial charge >= 0.3 is 0 Å². The maximum Gasteiger partial charge on any atom is 0.223 e. The molecule has 0 saturated carbocycles. The lowest BCUT2D eigenvalue weighted by Gasteiger charge is -2.25. The van der Waals surface area contributed by atoms with E-state index in [9.17, 15) is 0 Å². The van der Waals surface area contributed by atoms with Crippen molar-refractivity contribution in [3.05, 3.63) is 41.5 Å². The maximum absolute atomic E-state index is 5.72. The molecule has 3 heterocycles. The topological polar surface area (TPSA) is 54.6 Å². The number of ether oxygens (including phenoxy) is 1. The number of nitrogens with zero attached hydrogens (tertiary/aromatic N) is 4. The first-order valence-electron chi connectivity index (χ1n) is 9.12. The van der Waals surface area contributed by atoms with E-state index < -0.39 is 0 Å². The Hall–Kier alpha value is -1.92. The summed E-state index contributed by atoms with van der Waals surface area (Å²) in [6, 6.07) is 9.89. The normalized spacial score (nSPS) is 24.4. The van der Waals surface area contributed by atoms with Crippen LogP contribution in [0.4, 0.5) is 0 Å². The summed E-state index contributed by atoms with van der Waals surface area (Å²) in [5.74, 6) is 1.97. The van der Waals surface area contributed by atoms with Crippen LogP contribution < -0.4 is 4.74 Å². The number of hydrogen-bond acceptors (Lipinski definition) is 6. The second-order valence-electron chi connectivity index (χ2n) is 7.24. The second kappa shape index (κ2) is 7.14. The zero-order valence-corrected chi connectivity index (χ0v) is 15.0. The predicted molar refractivity (Wildman–Crippen MR) is 94.3 cm³/mol. The highest BCUT2D eigenvalue weighted by Crippen LogP contribution is 2.29. The number of likely N-dealkylation sites (tertiary alicyclic amines) is 1. The van der Waals surface area contributed by atoms with Crippen molar-refractivity contribution in [2.45, 2.75) is 51.4 Å². The molecule has 0 aliphatic carbocycles. The van der Waals surface area contributed by atoms with Crippen LogP contribution in [0.5, 0.6) is 5.75 Å². The molecule has 2 aliphatic heterocycles. The fraction of sp³-hybridized carbons (Fsp3) is 0.579. The molecule has 4 rings (SSSR count). The van der Waals surface area contributed by atoms with E-state index in [1.54, 1.807) is 6.92 Å². The highest BCUT2D eigenvalue weighted by atomic mass is 16.5. The number of aryl methyl sites for hydroxylation is 1. The number of fused-ring (bicyclic) bond motifs is 2. The van der Waals surface area contributed by atoms with E-state index in [4.69, 9.17) is 9.26 Å². The van der Waals surface area contributed by atoms with Gasteiger partial charge in [-0.2, -0.15) is 4.98 Å². The van der Waals surface area contributed by atoms with Crippen molar-refractivity contribution >= 4 is 0 Å². The van der Waals surface area contributed by atoms with E-state index in [1.165, 1.54) is 37.9 Å². The van der Waals surface area contributed by atoms with Gasteiger partial charge in [0.05, 0.1) is 0 Å². The van der Waals surface area contributed by atoms with Gasteiger partial charge in [-0.1, -0.05) is 17.3 Å². The molecular formula is C19H26N4O2. The molecule has 2 fully saturated rings. The van der Waals surface area contributed by atoms with Crippen molar-refractivity contribution in [3.8, 4) is 5.75 Å². The molecule has 6 nitrogen and oxygen atoms in total. The van der Waals surface area contributed by atoms with E-state index in [0.29, 0.717) is 18.3 Å². The third-order valence-electron chi connectivity index (χ3n) is 5.50. The summed E-state index contributed by atoms with van der Waals surface area (Å²) >= 11 is 0. The van der Waals surface area contributed by atoms with Crippen molar-refractivity contribution in [1.29, 1.82) is 0 Å². The fourth-order valence-electron chi connectivity index (χ4n) is 4.02. The van der Waals surface area contributed by atoms with Crippen molar-refractivity contribution in [2.75, 3.05) is 20.1 Å². The van der Waals surface area contributed by atoms with E-state index in [1.807, 2.05) is 12.1 Å². The summed E-state index contributed by atoms with van der Waals surface area (Å²) in [4.78, 5) is 9.33. The molecule has 2 aromatic rings. The smallest absolute Gasteiger partial charge is 0.223 e. The van der Waals surface area contributed by atoms with Crippen LogP contribution in [0.1, 0.15) is 36.5 Å². The minimum absolute atomic E-state index is 0.332. The molecule has 134 valence electrons. The highest BCUT2D eigenvalue weighted by molar-refractivity contribution is 5.27. The Labute approximate surface area is 148 Å². The molecule has 6 heteroatoms. The Morgan fingerprint density at radius 1 is 1.16 bits per heavy atom. The second-order valence-corrected chi connectivity index (χ2v) is 7.24. The van der Waals surface area contributed by atoms with Crippen molar-refractivity contribution in [3.63, 3.8) is 0 Å². The molecule has 1 aromatic heterocycles. The van der Waals surface area contributed by atoms with Crippen LogP contribution in [-0.4, -0.2) is 52.2 Å². The Kier molecular flexibility index (Phi) is 4.72. The van der Waals surface area contributed by atoms with Gasteiger partial charge in [-0.3, -0.25) is 9.80 Å². The van der Waals surface area contributed by atoms with Crippen molar-refractivity contribution in [1.82, 2.24) is 19.9 Å². The van der Waals surface area contributed by atoms with E-state index in [2.05, 4.69) is 39.1 Å². The van der Waals surface area contributed by atoms with Gasteiger partial charge in [-0.05, 0) is 44.0 Å². The molecular weight excluding hydrogens is 316 g/mol. The molecule has 0 amide bonds. The molecule has 25 heavy (non-hydrogen) atoms. The summed E-state index contributed by atoms with van der Waals surface area (Å²) in [6.07, 6.45) is 4.01. The number of aromatic nitrogens is 2. The molecule has 0 spiro atoms. The van der Waals surface area contributed by atoms with Gasteiger partial charge in [0.2, 0.25) is 11.7 Å². The third kappa shape index (κ3) is 3.85. The summed E-state index contributed by atoms with van der Waals surface area (Å²) in [6.45, 7) is 5.50. The Balaban J connectivity index is 1.31. The Morgan fingerprint density at radius 3 is 2.72 bits per heavy atom. The van der Waals surface area contributed by atoms with E-state index >= 15 is 0 Å². The number of likely N-dealkylation sites (N-methyl/N-ethyl adjacent to an activating group) is 1. The average molecular weight is 342 g/mol. The number of benzene rings is 1. The van der Waals surface area contributed by atoms with Gasteiger partial charge < -0.3 is 9.26 Å². The molecule has 0 N–H and O–H groups in total. The van der Waals surface area contributed by atoms with Gasteiger partial charge in [0.25, 0.3) is 0 Å². The molecule has 2 unspecified atom stereocenters. The molecule has 2 aliphatic rings. The first kappa shape index (κ1) is 16.5. The standard InChI is InChI=1S/C19H26N4O2/c1-14-20-19(21-25-14)13-24-18-7-3-15(4-8-18)11-23-10-9-16-5-6-17(12-23)22(16)2/h3-4,7-8,16-17H,5-6,9-13H2,1-2H3. The largest absolute Gasteiger partial charge is 0.485 e. The lowest BCUT2D eigenvalue weighted by molar-refractivity contribution is 0.214. The van der Waals surface area contributed by atoms with Crippen LogP contribution in [0, 0.1) is 6.92 Å². The number of hydrogen-bond donors (Lipinski definition) is 0. The maximum atomic E-state index is 5.72. The zero-order chi connectivity index (χ0) is 17.2. The first-order chi connectivity index (χ1) is 12.2. The van der Waals surface area contributed by atoms with Gasteiger partial charge in [0.15, 0.2) is 6.61 Å². The Bertz CT molecular complexity index is 700. The lowest BCUT2D eigenvalue weighted by Crippen LogP contribution is -2.36. The van der Waals surface area contributed by atoms with Crippen LogP contribution in [0.25, 0.3) is 0 Å². The Morgan fingerprint density at radius 2 is 1.96 bits per heavy atom. The average Bonchev–Trinajstić information content (AvgIpc) is 3.12. The SMILES string of the molecule is Cc1nc(COc2ccc(CN3CCC4CCC(C3)N4C)cc2)no1. The third-order valence-corrected chi connectivity index (χ3v) is 5.50. The predicted octanol–water partition coefficient (Wildman–Crippen LogP) is 2.63. The zero-order valence-electron chi connectivity index (χ0n) is 15.0. The van der Waals surface area contributed by atoms with Crippen LogP contribution in [0.15, 0.2) is 28.8 Å². The molecule has 2 atom stereocenters. The van der Waals surface area contributed by atoms with Crippen molar-refractivity contribution in [2.24, 2.45) is 0 Å². The monoisotopic (exact) mass is 342 g/mol. The minimum Gasteiger partial charge on any atom is -0.485 e. The summed E-state index contributed by atoms with van der Waals surface area (Å²) < 4.78 is 10.7. The molecule has 0 radical (unpaired) electrons. The van der Waals surface area contributed by atoms with Crippen LogP contribution in [0.3, 0.4) is 0 Å². The molecule has 2 saturated heterocycles. The fourth-order valence-corrected chi connectivity index (χ4v) is 4.02. The van der Waals surface area contributed by atoms with Crippen LogP contribution in [0.2, 0.25) is 0 Å². The molecule has 2 bridgehead atoms. The van der Waals surface area contributed by atoms with E-state index in [-0.39, 0.29) is 0 Å². The number of rotatable bonds is 5. The van der Waals surface area contributed by atoms with Gasteiger partial charge in [0, 0.05) is 38.6 Å². The summed E-state index contributed by atoms with van der Waals surface area (Å²) in [5, 5.41) is 3.84. The highest BCUT2D eigenvalue weighted by Gasteiger charge is 2.34. The lowest BCUT2D eigenvalue weighted by atomic mass is 10.1. The minimum atomic E-state index is 0.332. The molecule has 1 aromatic carbocycles. The van der Waals surface area contributed by atoms with Crippen LogP contribution >= 0.6 is 0 Å². The quantitative estimate of drug-likeness (QED) is 0.833. The first-order valence-corrected chi connectivity index (χ1v) is 9.12. The van der Waals surface area contributed by atoms with Gasteiger partial charge in [-0.15, -0.1) is 0 Å². The van der Waals surface area contributed by atoms with Crippen LogP contribution in [-0.2, 0) is 13.2 Å². The van der Waals surface area contributed by atoms with E-state index in [0.717, 1.165) is 24.4 Å². The van der Waals surface area contributed by atoms with Crippen molar-refractivity contribution < 1.29 is 9.26 Å². The summed E-state index contributed by atoms with van der Waals surface area (Å²) in [5.41, 5.74) is 1.34. The van der Waals surface area contributed by atoms with Gasteiger partial charge in [-0.25, -0.2) is 0 Å². The summed E-state index contributed by atoms with van der Waals surface area (Å²) in [7, 11) is 2.29. The van der Waals surface area contributed by atoms with Gasteiger partial charge in [0.1, 0.15) is 5.75 Å².